The molecular formula is C17H23N5O. The smallest absolute Gasteiger partial charge is 0.220 e. The molecule has 3 rings (SSSR count). The summed E-state index contributed by atoms with van der Waals surface area (Å²) in [5.41, 5.74) is 1.09. The molecule has 0 radical (unpaired) electrons. The van der Waals surface area contributed by atoms with Crippen LogP contribution in [0.5, 0.6) is 0 Å². The van der Waals surface area contributed by atoms with E-state index >= 15 is 0 Å². The Morgan fingerprint density at radius 3 is 3.04 bits per heavy atom. The highest BCUT2D eigenvalue weighted by molar-refractivity contribution is 5.76. The second kappa shape index (κ2) is 7.85. The molecular weight excluding hydrogens is 290 g/mol. The number of carbonyl (C=O) groups excluding carboxylic acids is 1. The van der Waals surface area contributed by atoms with Crippen LogP contribution in [0.25, 0.3) is 0 Å². The van der Waals surface area contributed by atoms with E-state index in [1.54, 1.807) is 12.4 Å². The molecule has 3 heterocycles. The maximum atomic E-state index is 11.9. The molecule has 2 aromatic rings. The number of aryl methyl sites for hydroxylation is 2. The third-order valence-electron chi connectivity index (χ3n) is 4.22. The fourth-order valence-electron chi connectivity index (χ4n) is 2.94. The third-order valence-corrected chi connectivity index (χ3v) is 4.22. The highest BCUT2D eigenvalue weighted by Crippen LogP contribution is 2.14. The number of nitrogens with zero attached hydrogens (tertiary/aromatic N) is 4. The quantitative estimate of drug-likeness (QED) is 0.881. The van der Waals surface area contributed by atoms with Gasteiger partial charge in [-0.25, -0.2) is 0 Å². The average Bonchev–Trinajstić information content (AvgIpc) is 2.81. The average molecular weight is 313 g/mol. The van der Waals surface area contributed by atoms with Crippen LogP contribution < -0.4 is 5.32 Å². The second-order valence-corrected chi connectivity index (χ2v) is 5.96. The number of pyridine rings is 1. The molecule has 0 aliphatic carbocycles. The summed E-state index contributed by atoms with van der Waals surface area (Å²) in [4.78, 5) is 16.0. The minimum absolute atomic E-state index is 0.0736. The van der Waals surface area contributed by atoms with Crippen LogP contribution in [0, 0.1) is 0 Å². The molecule has 23 heavy (non-hydrogen) atoms. The maximum Gasteiger partial charge on any atom is 0.220 e. The zero-order valence-corrected chi connectivity index (χ0v) is 13.4. The lowest BCUT2D eigenvalue weighted by Gasteiger charge is -2.08. The number of hydrogen-bond acceptors (Lipinski definition) is 4. The van der Waals surface area contributed by atoms with Gasteiger partial charge in [-0.1, -0.05) is 12.5 Å². The van der Waals surface area contributed by atoms with Crippen LogP contribution in [0.15, 0.2) is 24.5 Å². The predicted molar refractivity (Wildman–Crippen MR) is 86.8 cm³/mol. The van der Waals surface area contributed by atoms with Crippen molar-refractivity contribution in [2.24, 2.45) is 0 Å². The van der Waals surface area contributed by atoms with Crippen LogP contribution in [-0.4, -0.2) is 32.2 Å². The standard InChI is InChI=1S/C17H23N5O/c23-17(8-7-14-5-4-10-18-13-14)19-11-9-16-21-20-15-6-2-1-3-12-22(15)16/h4-5,10,13H,1-3,6-9,11-12H2,(H,19,23). The predicted octanol–water partition coefficient (Wildman–Crippen LogP) is 1.69. The molecule has 1 aliphatic heterocycles. The van der Waals surface area contributed by atoms with Crippen LogP contribution in [0.1, 0.15) is 42.9 Å². The zero-order valence-electron chi connectivity index (χ0n) is 13.4. The highest BCUT2D eigenvalue weighted by atomic mass is 16.1. The molecule has 0 aromatic carbocycles. The lowest BCUT2D eigenvalue weighted by molar-refractivity contribution is -0.121. The number of hydrogen-bond donors (Lipinski definition) is 1. The molecule has 0 atom stereocenters. The first-order chi connectivity index (χ1) is 11.3. The largest absolute Gasteiger partial charge is 0.356 e. The van der Waals surface area contributed by atoms with Crippen molar-refractivity contribution in [3.8, 4) is 0 Å². The topological polar surface area (TPSA) is 72.7 Å². The van der Waals surface area contributed by atoms with E-state index in [-0.39, 0.29) is 5.91 Å². The van der Waals surface area contributed by atoms with E-state index in [1.807, 2.05) is 12.1 Å². The molecule has 6 heteroatoms. The summed E-state index contributed by atoms with van der Waals surface area (Å²) < 4.78 is 2.23. The van der Waals surface area contributed by atoms with E-state index in [9.17, 15) is 4.79 Å². The SMILES string of the molecule is O=C(CCc1cccnc1)NCCc1nnc2n1CCCCC2. The Kier molecular flexibility index (Phi) is 5.34. The molecule has 0 bridgehead atoms. The Balaban J connectivity index is 1.43. The number of rotatable bonds is 6. The van der Waals surface area contributed by atoms with E-state index < -0.39 is 0 Å². The summed E-state index contributed by atoms with van der Waals surface area (Å²) in [5, 5.41) is 11.5. The van der Waals surface area contributed by atoms with Gasteiger partial charge < -0.3 is 9.88 Å². The fourth-order valence-corrected chi connectivity index (χ4v) is 2.94. The van der Waals surface area contributed by atoms with Crippen molar-refractivity contribution in [2.75, 3.05) is 6.54 Å². The molecule has 2 aromatic heterocycles. The minimum Gasteiger partial charge on any atom is -0.356 e. The van der Waals surface area contributed by atoms with Gasteiger partial charge in [0, 0.05) is 44.7 Å². The van der Waals surface area contributed by atoms with E-state index in [0.717, 1.165) is 43.0 Å². The van der Waals surface area contributed by atoms with Crippen LogP contribution in [-0.2, 0) is 30.6 Å². The lowest BCUT2D eigenvalue weighted by atomic mass is 10.1. The Bertz CT molecular complexity index is 638. The van der Waals surface area contributed by atoms with Crippen molar-refractivity contribution < 1.29 is 4.79 Å². The number of carbonyl (C=O) groups is 1. The molecule has 0 unspecified atom stereocenters. The Labute approximate surface area is 136 Å². The molecule has 1 amide bonds. The van der Waals surface area contributed by atoms with Crippen LogP contribution >= 0.6 is 0 Å². The van der Waals surface area contributed by atoms with Gasteiger partial charge in [0.1, 0.15) is 11.6 Å². The van der Waals surface area contributed by atoms with E-state index in [4.69, 9.17) is 0 Å². The van der Waals surface area contributed by atoms with Crippen molar-refractivity contribution in [3.63, 3.8) is 0 Å². The fraction of sp³-hybridized carbons (Fsp3) is 0.529. The summed E-state index contributed by atoms with van der Waals surface area (Å²) in [6.07, 6.45) is 10.2. The number of nitrogens with one attached hydrogen (secondary N) is 1. The second-order valence-electron chi connectivity index (χ2n) is 5.96. The van der Waals surface area contributed by atoms with Crippen molar-refractivity contribution in [3.05, 3.63) is 41.7 Å². The summed E-state index contributed by atoms with van der Waals surface area (Å²) in [6.45, 7) is 1.62. The Morgan fingerprint density at radius 1 is 1.22 bits per heavy atom. The first-order valence-electron chi connectivity index (χ1n) is 8.39. The lowest BCUT2D eigenvalue weighted by Crippen LogP contribution is -2.26. The number of aromatic nitrogens is 4. The molecule has 0 fully saturated rings. The van der Waals surface area contributed by atoms with Gasteiger partial charge in [0.15, 0.2) is 0 Å². The summed E-state index contributed by atoms with van der Waals surface area (Å²) in [7, 11) is 0. The Hall–Kier alpha value is -2.24. The number of amides is 1. The van der Waals surface area contributed by atoms with E-state index in [2.05, 4.69) is 25.1 Å². The molecule has 0 spiro atoms. The molecule has 122 valence electrons. The normalized spacial score (nSPS) is 14.1. The molecule has 0 saturated carbocycles. The maximum absolute atomic E-state index is 11.9. The highest BCUT2D eigenvalue weighted by Gasteiger charge is 2.14. The van der Waals surface area contributed by atoms with Crippen molar-refractivity contribution in [1.82, 2.24) is 25.1 Å². The van der Waals surface area contributed by atoms with Gasteiger partial charge in [0.2, 0.25) is 5.91 Å². The third kappa shape index (κ3) is 4.37. The molecule has 0 saturated heterocycles. The van der Waals surface area contributed by atoms with E-state index in [0.29, 0.717) is 13.0 Å². The summed E-state index contributed by atoms with van der Waals surface area (Å²) >= 11 is 0. The van der Waals surface area contributed by atoms with Gasteiger partial charge in [-0.3, -0.25) is 9.78 Å². The minimum atomic E-state index is 0.0736. The van der Waals surface area contributed by atoms with Crippen LogP contribution in [0.2, 0.25) is 0 Å². The summed E-state index contributed by atoms with van der Waals surface area (Å²) in [6, 6.07) is 3.88. The van der Waals surface area contributed by atoms with Gasteiger partial charge in [-0.2, -0.15) is 0 Å². The van der Waals surface area contributed by atoms with Crippen molar-refractivity contribution in [1.29, 1.82) is 0 Å². The first-order valence-corrected chi connectivity index (χ1v) is 8.39. The molecule has 1 aliphatic rings. The van der Waals surface area contributed by atoms with Crippen molar-refractivity contribution in [2.45, 2.75) is 51.5 Å². The van der Waals surface area contributed by atoms with Gasteiger partial charge in [0.05, 0.1) is 0 Å². The molecule has 1 N–H and O–H groups in total. The van der Waals surface area contributed by atoms with Crippen LogP contribution in [0.3, 0.4) is 0 Å². The molecule has 6 nitrogen and oxygen atoms in total. The monoisotopic (exact) mass is 313 g/mol. The van der Waals surface area contributed by atoms with Gasteiger partial charge >= 0.3 is 0 Å². The van der Waals surface area contributed by atoms with Gasteiger partial charge in [-0.05, 0) is 30.9 Å². The van der Waals surface area contributed by atoms with Gasteiger partial charge in [-0.15, -0.1) is 10.2 Å². The first kappa shape index (κ1) is 15.6. The van der Waals surface area contributed by atoms with Crippen LogP contribution in [0.4, 0.5) is 0 Å². The van der Waals surface area contributed by atoms with E-state index in [1.165, 1.54) is 19.3 Å². The zero-order chi connectivity index (χ0) is 15.9. The van der Waals surface area contributed by atoms with Crippen molar-refractivity contribution >= 4 is 5.91 Å². The number of fused-ring (bicyclic) bond motifs is 1. The summed E-state index contributed by atoms with van der Waals surface area (Å²) in [5.74, 6) is 2.17. The van der Waals surface area contributed by atoms with Gasteiger partial charge in [0.25, 0.3) is 0 Å². The Morgan fingerprint density at radius 2 is 2.17 bits per heavy atom.